The molecule has 1 atom stereocenters. The summed E-state index contributed by atoms with van der Waals surface area (Å²) in [7, 11) is 1.62. The van der Waals surface area contributed by atoms with Gasteiger partial charge in [0.2, 0.25) is 0 Å². The molecule has 0 amide bonds. The Labute approximate surface area is 172 Å². The molecule has 0 fully saturated rings. The van der Waals surface area contributed by atoms with E-state index < -0.39 is 11.2 Å². The number of fused-ring (bicyclic) bond motifs is 5. The molecule has 0 aliphatic carbocycles. The van der Waals surface area contributed by atoms with Crippen molar-refractivity contribution < 1.29 is 9.15 Å². The van der Waals surface area contributed by atoms with Gasteiger partial charge in [-0.2, -0.15) is 0 Å². The van der Waals surface area contributed by atoms with Crippen molar-refractivity contribution in [2.24, 2.45) is 0 Å². The Kier molecular flexibility index (Phi) is 3.86. The molecular weight excluding hydrogens is 384 g/mol. The van der Waals surface area contributed by atoms with E-state index in [0.717, 1.165) is 27.5 Å². The summed E-state index contributed by atoms with van der Waals surface area (Å²) in [5.74, 6) is 0.742. The van der Waals surface area contributed by atoms with E-state index in [1.165, 1.54) is 0 Å². The van der Waals surface area contributed by atoms with Gasteiger partial charge < -0.3 is 19.8 Å². The van der Waals surface area contributed by atoms with Gasteiger partial charge in [-0.3, -0.25) is 0 Å². The zero-order valence-electron chi connectivity index (χ0n) is 15.9. The van der Waals surface area contributed by atoms with E-state index in [9.17, 15) is 4.79 Å². The van der Waals surface area contributed by atoms with Gasteiger partial charge in [0.25, 0.3) is 0 Å². The fourth-order valence-electron chi connectivity index (χ4n) is 4.09. The van der Waals surface area contributed by atoms with E-state index in [4.69, 9.17) is 21.4 Å². The van der Waals surface area contributed by atoms with Gasteiger partial charge in [0.05, 0.1) is 23.9 Å². The number of rotatable bonds is 2. The Balaban J connectivity index is 1.84. The Hall–Kier alpha value is -3.38. The van der Waals surface area contributed by atoms with Crippen LogP contribution < -0.4 is 21.0 Å². The van der Waals surface area contributed by atoms with Crippen molar-refractivity contribution in [2.75, 3.05) is 12.4 Å². The van der Waals surface area contributed by atoms with E-state index in [1.54, 1.807) is 7.11 Å². The van der Waals surface area contributed by atoms with Crippen LogP contribution in [-0.2, 0) is 5.54 Å². The summed E-state index contributed by atoms with van der Waals surface area (Å²) < 4.78 is 11.1. The minimum absolute atomic E-state index is 0.398. The lowest BCUT2D eigenvalue weighted by Gasteiger charge is -2.38. The normalized spacial score (nSPS) is 18.2. The first-order valence-corrected chi connectivity index (χ1v) is 9.65. The van der Waals surface area contributed by atoms with Crippen LogP contribution in [0.4, 0.5) is 5.69 Å². The smallest absolute Gasteiger partial charge is 0.344 e. The summed E-state index contributed by atoms with van der Waals surface area (Å²) in [5, 5.41) is 9.63. The van der Waals surface area contributed by atoms with Gasteiger partial charge in [-0.25, -0.2) is 4.79 Å². The lowest BCUT2D eigenvalue weighted by Crippen LogP contribution is -2.52. The van der Waals surface area contributed by atoms with Crippen LogP contribution in [0.15, 0.2) is 69.9 Å². The molecule has 29 heavy (non-hydrogen) atoms. The second-order valence-corrected chi connectivity index (χ2v) is 7.64. The fourth-order valence-corrected chi connectivity index (χ4v) is 4.40. The van der Waals surface area contributed by atoms with Crippen LogP contribution in [0, 0.1) is 0 Å². The van der Waals surface area contributed by atoms with Crippen molar-refractivity contribution >= 4 is 44.8 Å². The Bertz CT molecular complexity index is 1340. The van der Waals surface area contributed by atoms with Crippen LogP contribution in [0.1, 0.15) is 18.1 Å². The molecular formula is C23H18N2O3S. The molecule has 1 unspecified atom stereocenters. The Morgan fingerprint density at radius 1 is 1.00 bits per heavy atom. The van der Waals surface area contributed by atoms with Crippen LogP contribution in [0.5, 0.6) is 5.75 Å². The second-order valence-electron chi connectivity index (χ2n) is 7.24. The standard InChI is InChI=1S/C23H18N2O3S/c1-23(14-8-10-15(27-2)11-9-14)18-19(24-22(29)25-23)17-12-7-13-5-3-4-6-16(13)20(17)28-21(18)26/h3-12H,1-2H3,(H2,24,25,29). The monoisotopic (exact) mass is 402 g/mol. The molecule has 1 aliphatic rings. The van der Waals surface area contributed by atoms with Crippen molar-refractivity contribution in [1.29, 1.82) is 0 Å². The topological polar surface area (TPSA) is 63.5 Å². The van der Waals surface area contributed by atoms with Crippen molar-refractivity contribution in [1.82, 2.24) is 5.32 Å². The van der Waals surface area contributed by atoms with Crippen LogP contribution in [-0.4, -0.2) is 12.2 Å². The Morgan fingerprint density at radius 3 is 2.52 bits per heavy atom. The molecule has 0 bridgehead atoms. The summed E-state index contributed by atoms with van der Waals surface area (Å²) in [6.07, 6.45) is 0. The summed E-state index contributed by atoms with van der Waals surface area (Å²) in [6, 6.07) is 19.4. The number of benzene rings is 3. The molecule has 0 saturated heterocycles. The maximum absolute atomic E-state index is 13.2. The number of thiocarbonyl (C=S) groups is 1. The molecule has 6 heteroatoms. The lowest BCUT2D eigenvalue weighted by atomic mass is 9.82. The first kappa shape index (κ1) is 17.7. The molecule has 5 rings (SSSR count). The van der Waals surface area contributed by atoms with E-state index in [2.05, 4.69) is 10.6 Å². The maximum atomic E-state index is 13.2. The van der Waals surface area contributed by atoms with E-state index in [-0.39, 0.29) is 0 Å². The highest BCUT2D eigenvalue weighted by Crippen LogP contribution is 2.40. The van der Waals surface area contributed by atoms with Crippen LogP contribution >= 0.6 is 12.2 Å². The number of ether oxygens (including phenoxy) is 1. The molecule has 2 heterocycles. The van der Waals surface area contributed by atoms with Crippen molar-refractivity contribution in [3.8, 4) is 5.75 Å². The fraction of sp³-hybridized carbons (Fsp3) is 0.130. The van der Waals surface area contributed by atoms with Gasteiger partial charge in [0.15, 0.2) is 5.11 Å². The molecule has 3 aromatic carbocycles. The molecule has 4 aromatic rings. The van der Waals surface area contributed by atoms with E-state index >= 15 is 0 Å². The van der Waals surface area contributed by atoms with Gasteiger partial charge in [-0.15, -0.1) is 0 Å². The van der Waals surface area contributed by atoms with E-state index in [1.807, 2.05) is 67.6 Å². The third-order valence-corrected chi connectivity index (χ3v) is 5.77. The number of methoxy groups -OCH3 is 1. The third-order valence-electron chi connectivity index (χ3n) is 5.57. The zero-order valence-corrected chi connectivity index (χ0v) is 16.7. The van der Waals surface area contributed by atoms with Crippen LogP contribution in [0.3, 0.4) is 0 Å². The van der Waals surface area contributed by atoms with E-state index in [0.29, 0.717) is 21.9 Å². The highest BCUT2D eigenvalue weighted by atomic mass is 32.1. The van der Waals surface area contributed by atoms with Gasteiger partial charge in [-0.05, 0) is 48.3 Å². The largest absolute Gasteiger partial charge is 0.497 e. The average Bonchev–Trinajstić information content (AvgIpc) is 2.73. The lowest BCUT2D eigenvalue weighted by molar-refractivity contribution is 0.413. The minimum Gasteiger partial charge on any atom is -0.497 e. The third kappa shape index (κ3) is 2.60. The number of hydrogen-bond acceptors (Lipinski definition) is 4. The number of anilines is 1. The predicted molar refractivity (Wildman–Crippen MR) is 119 cm³/mol. The first-order valence-electron chi connectivity index (χ1n) is 9.24. The summed E-state index contributed by atoms with van der Waals surface area (Å²) in [4.78, 5) is 13.2. The zero-order chi connectivity index (χ0) is 20.2. The average molecular weight is 402 g/mol. The van der Waals surface area contributed by atoms with Gasteiger partial charge >= 0.3 is 5.63 Å². The minimum atomic E-state index is -0.843. The van der Waals surface area contributed by atoms with Crippen molar-refractivity contribution in [3.63, 3.8) is 0 Å². The highest BCUT2D eigenvalue weighted by molar-refractivity contribution is 7.80. The molecule has 1 aromatic heterocycles. The Morgan fingerprint density at radius 2 is 1.76 bits per heavy atom. The van der Waals surface area contributed by atoms with Crippen molar-refractivity contribution in [2.45, 2.75) is 12.5 Å². The molecule has 0 radical (unpaired) electrons. The SMILES string of the molecule is COc1ccc(C2(C)NC(=S)Nc3c2c(=O)oc2c3ccc3ccccc32)cc1. The molecule has 144 valence electrons. The first-order chi connectivity index (χ1) is 14.0. The van der Waals surface area contributed by atoms with Gasteiger partial charge in [0, 0.05) is 10.8 Å². The molecule has 2 N–H and O–H groups in total. The summed E-state index contributed by atoms with van der Waals surface area (Å²) >= 11 is 5.50. The number of hydrogen-bond donors (Lipinski definition) is 2. The van der Waals surface area contributed by atoms with Crippen LogP contribution in [0.2, 0.25) is 0 Å². The quantitative estimate of drug-likeness (QED) is 0.292. The second kappa shape index (κ2) is 6.32. The molecule has 5 nitrogen and oxygen atoms in total. The van der Waals surface area contributed by atoms with Crippen LogP contribution in [0.25, 0.3) is 21.7 Å². The predicted octanol–water partition coefficient (Wildman–Crippen LogP) is 4.52. The highest BCUT2D eigenvalue weighted by Gasteiger charge is 2.40. The molecule has 0 saturated carbocycles. The van der Waals surface area contributed by atoms with Gasteiger partial charge in [-0.1, -0.05) is 42.5 Å². The molecule has 0 spiro atoms. The maximum Gasteiger partial charge on any atom is 0.344 e. The van der Waals surface area contributed by atoms with Gasteiger partial charge in [0.1, 0.15) is 11.3 Å². The summed E-state index contributed by atoms with van der Waals surface area (Å²) in [5.41, 5.74) is 1.38. The van der Waals surface area contributed by atoms with Crippen molar-refractivity contribution in [3.05, 3.63) is 82.2 Å². The molecule has 1 aliphatic heterocycles. The summed E-state index contributed by atoms with van der Waals surface area (Å²) in [6.45, 7) is 1.94. The number of nitrogens with one attached hydrogen (secondary N) is 2.